The van der Waals surface area contributed by atoms with E-state index < -0.39 is 0 Å². The molecule has 0 radical (unpaired) electrons. The first kappa shape index (κ1) is 29.1. The first-order valence-electron chi connectivity index (χ1n) is 15.3. The van der Waals surface area contributed by atoms with Gasteiger partial charge in [0, 0.05) is 11.5 Å². The summed E-state index contributed by atoms with van der Waals surface area (Å²) in [6.07, 6.45) is 15.1. The van der Waals surface area contributed by atoms with E-state index in [4.69, 9.17) is 0 Å². The SMILES string of the molecule is C[C@H]1CC=C[C@](C)([C@@H]2C[C@@H]3Cc4cc(O)cc(c4)Cc4ccccc4CC[C@H]([C@H](C)O)CSSC[C@@H](C3)C2)C1. The van der Waals surface area contributed by atoms with Gasteiger partial charge in [0.15, 0.2) is 0 Å². The van der Waals surface area contributed by atoms with Crippen molar-refractivity contribution < 1.29 is 10.2 Å². The first-order chi connectivity index (χ1) is 18.8. The Hall–Kier alpha value is -1.36. The van der Waals surface area contributed by atoms with Crippen LogP contribution >= 0.6 is 21.6 Å². The fraction of sp³-hybridized carbons (Fsp3) is 0.600. The number of phenols is 1. The second-order valence-electron chi connectivity index (χ2n) is 13.4. The molecule has 2 aliphatic carbocycles. The molecule has 1 heterocycles. The molecule has 0 aromatic heterocycles. The summed E-state index contributed by atoms with van der Waals surface area (Å²) in [7, 11) is 4.03. The zero-order valence-electron chi connectivity index (χ0n) is 24.1. The highest BCUT2D eigenvalue weighted by Gasteiger charge is 2.40. The maximum Gasteiger partial charge on any atom is 0.116 e. The molecule has 0 amide bonds. The number of phenolic OH excluding ortho intramolecular Hbond substituents is 1. The number of hydrogen-bond acceptors (Lipinski definition) is 4. The van der Waals surface area contributed by atoms with E-state index in [9.17, 15) is 10.2 Å². The van der Waals surface area contributed by atoms with Gasteiger partial charge in [0.05, 0.1) is 6.10 Å². The molecule has 1 aliphatic heterocycles. The van der Waals surface area contributed by atoms with Crippen molar-refractivity contribution in [3.63, 3.8) is 0 Å². The zero-order valence-corrected chi connectivity index (χ0v) is 25.8. The van der Waals surface area contributed by atoms with Gasteiger partial charge in [0.25, 0.3) is 0 Å². The molecule has 2 aromatic rings. The lowest BCUT2D eigenvalue weighted by molar-refractivity contribution is 0.0932. The summed E-state index contributed by atoms with van der Waals surface area (Å²) >= 11 is 0. The van der Waals surface area contributed by atoms with Crippen LogP contribution in [0.15, 0.2) is 54.6 Å². The minimum Gasteiger partial charge on any atom is -0.508 e. The molecule has 5 rings (SSSR count). The monoisotopic (exact) mass is 564 g/mol. The van der Waals surface area contributed by atoms with Gasteiger partial charge in [-0.05, 0) is 134 Å². The van der Waals surface area contributed by atoms with Crippen molar-refractivity contribution in [2.45, 2.75) is 84.7 Å². The largest absolute Gasteiger partial charge is 0.508 e. The normalized spacial score (nSPS) is 33.1. The average Bonchev–Trinajstić information content (AvgIpc) is 2.88. The number of benzene rings is 2. The number of allylic oxidation sites excluding steroid dienone is 2. The van der Waals surface area contributed by atoms with E-state index in [-0.39, 0.29) is 6.10 Å². The average molecular weight is 565 g/mol. The van der Waals surface area contributed by atoms with Gasteiger partial charge in [-0.25, -0.2) is 0 Å². The lowest BCUT2D eigenvalue weighted by Gasteiger charge is -2.46. The summed E-state index contributed by atoms with van der Waals surface area (Å²) in [5.74, 6) is 5.80. The number of aliphatic hydroxyl groups is 1. The van der Waals surface area contributed by atoms with E-state index in [0.717, 1.165) is 49.2 Å². The lowest BCUT2D eigenvalue weighted by atomic mass is 9.60. The van der Waals surface area contributed by atoms with Crippen LogP contribution in [-0.2, 0) is 19.3 Å². The second-order valence-corrected chi connectivity index (χ2v) is 15.9. The minimum atomic E-state index is -0.288. The fourth-order valence-electron chi connectivity index (χ4n) is 7.76. The van der Waals surface area contributed by atoms with Crippen LogP contribution in [0.1, 0.15) is 81.5 Å². The highest BCUT2D eigenvalue weighted by atomic mass is 33.1. The van der Waals surface area contributed by atoms with E-state index in [0.29, 0.717) is 23.0 Å². The van der Waals surface area contributed by atoms with Crippen LogP contribution in [-0.4, -0.2) is 27.8 Å². The second kappa shape index (κ2) is 13.1. The van der Waals surface area contributed by atoms with Crippen LogP contribution < -0.4 is 0 Å². The van der Waals surface area contributed by atoms with Crippen LogP contribution in [0.4, 0.5) is 0 Å². The summed E-state index contributed by atoms with van der Waals surface area (Å²) in [5.41, 5.74) is 5.52. The molecule has 3 aliphatic rings. The summed E-state index contributed by atoms with van der Waals surface area (Å²) in [4.78, 5) is 0. The number of aromatic hydroxyl groups is 1. The lowest BCUT2D eigenvalue weighted by Crippen LogP contribution is -2.37. The van der Waals surface area contributed by atoms with E-state index in [1.807, 2.05) is 40.6 Å². The molecule has 2 nitrogen and oxygen atoms in total. The van der Waals surface area contributed by atoms with Gasteiger partial charge in [0.2, 0.25) is 0 Å². The molecular formula is C35H48O2S2. The van der Waals surface area contributed by atoms with Gasteiger partial charge in [-0.15, -0.1) is 0 Å². The molecule has 1 saturated carbocycles. The number of rotatable bonds is 2. The standard InChI is InChI=1S/C35H48O2S2/c1-24-7-6-12-35(3,21-24)33-17-26-13-27-14-28(20-34(37)19-27)16-31-9-5-4-8-30(31)10-11-32(25(2)36)23-39-38-22-29(15-26)18-33/h4-6,8-9,12,14,19-20,24-26,29,32-33,36-37H,7,10-11,13,15-18,21-23H2,1-3H3/t24-,25-,26+,29-,32-,33+,35-/m0/s1. The number of aryl methyl sites for hydroxylation is 1. The predicted octanol–water partition coefficient (Wildman–Crippen LogP) is 8.88. The van der Waals surface area contributed by atoms with Gasteiger partial charge < -0.3 is 10.2 Å². The Morgan fingerprint density at radius 3 is 2.49 bits per heavy atom. The van der Waals surface area contributed by atoms with E-state index in [1.165, 1.54) is 60.1 Å². The summed E-state index contributed by atoms with van der Waals surface area (Å²) in [6.45, 7) is 6.91. The highest BCUT2D eigenvalue weighted by Crippen LogP contribution is 2.50. The highest BCUT2D eigenvalue weighted by molar-refractivity contribution is 8.76. The molecule has 2 aromatic carbocycles. The van der Waals surface area contributed by atoms with Gasteiger partial charge in [-0.3, -0.25) is 0 Å². The Morgan fingerprint density at radius 1 is 0.949 bits per heavy atom. The maximum atomic E-state index is 10.7. The minimum absolute atomic E-state index is 0.288. The van der Waals surface area contributed by atoms with Crippen molar-refractivity contribution in [3.8, 4) is 5.75 Å². The number of fused-ring (bicyclic) bond motifs is 5. The van der Waals surface area contributed by atoms with Gasteiger partial charge in [-0.1, -0.05) is 77.9 Å². The molecule has 212 valence electrons. The molecule has 0 unspecified atom stereocenters. The Balaban J connectivity index is 1.43. The topological polar surface area (TPSA) is 40.5 Å². The Kier molecular flexibility index (Phi) is 9.78. The number of aliphatic hydroxyl groups excluding tert-OH is 1. The van der Waals surface area contributed by atoms with Crippen LogP contribution in [0.2, 0.25) is 0 Å². The third-order valence-electron chi connectivity index (χ3n) is 9.87. The van der Waals surface area contributed by atoms with Crippen molar-refractivity contribution in [3.05, 3.63) is 76.9 Å². The molecule has 1 fully saturated rings. The van der Waals surface area contributed by atoms with E-state index in [2.05, 4.69) is 56.3 Å². The summed E-state index contributed by atoms with van der Waals surface area (Å²) in [6, 6.07) is 15.1. The van der Waals surface area contributed by atoms with Crippen LogP contribution in [0, 0.1) is 35.0 Å². The number of hydrogen-bond donors (Lipinski definition) is 2. The van der Waals surface area contributed by atoms with Gasteiger partial charge in [-0.2, -0.15) is 0 Å². The van der Waals surface area contributed by atoms with E-state index in [1.54, 1.807) is 0 Å². The maximum absolute atomic E-state index is 10.7. The van der Waals surface area contributed by atoms with Crippen molar-refractivity contribution in [1.82, 2.24) is 0 Å². The first-order valence-corrected chi connectivity index (χ1v) is 17.7. The van der Waals surface area contributed by atoms with Crippen molar-refractivity contribution in [2.24, 2.45) is 35.0 Å². The van der Waals surface area contributed by atoms with Gasteiger partial charge >= 0.3 is 0 Å². The van der Waals surface area contributed by atoms with Gasteiger partial charge in [0.1, 0.15) is 5.75 Å². The molecule has 7 atom stereocenters. The Bertz CT molecular complexity index is 1130. The molecule has 39 heavy (non-hydrogen) atoms. The molecule has 4 bridgehead atoms. The quantitative estimate of drug-likeness (QED) is 0.282. The van der Waals surface area contributed by atoms with Crippen LogP contribution in [0.5, 0.6) is 5.75 Å². The third kappa shape index (κ3) is 7.68. The Labute approximate surface area is 244 Å². The van der Waals surface area contributed by atoms with E-state index >= 15 is 0 Å². The fourth-order valence-corrected chi connectivity index (χ4v) is 10.7. The zero-order chi connectivity index (χ0) is 27.4. The predicted molar refractivity (Wildman–Crippen MR) is 169 cm³/mol. The molecule has 0 saturated heterocycles. The van der Waals surface area contributed by atoms with Crippen molar-refractivity contribution in [1.29, 1.82) is 0 Å². The summed E-state index contributed by atoms with van der Waals surface area (Å²) in [5, 5.41) is 21.3. The van der Waals surface area contributed by atoms with Crippen LogP contribution in [0.25, 0.3) is 0 Å². The van der Waals surface area contributed by atoms with Crippen LogP contribution in [0.3, 0.4) is 0 Å². The molecule has 0 spiro atoms. The molecule has 4 heteroatoms. The Morgan fingerprint density at radius 2 is 1.69 bits per heavy atom. The molecular weight excluding hydrogens is 517 g/mol. The van der Waals surface area contributed by atoms with Crippen molar-refractivity contribution >= 4 is 21.6 Å². The summed E-state index contributed by atoms with van der Waals surface area (Å²) < 4.78 is 0. The van der Waals surface area contributed by atoms with Crippen molar-refractivity contribution in [2.75, 3.05) is 11.5 Å². The third-order valence-corrected chi connectivity index (χ3v) is 12.5. The smallest absolute Gasteiger partial charge is 0.116 e. The molecule has 2 N–H and O–H groups in total.